The van der Waals surface area contributed by atoms with E-state index in [1.165, 1.54) is 11.1 Å². The van der Waals surface area contributed by atoms with Gasteiger partial charge in [0.1, 0.15) is 5.82 Å². The number of rotatable bonds is 4. The summed E-state index contributed by atoms with van der Waals surface area (Å²) in [5, 5.41) is 14.1. The first kappa shape index (κ1) is 21.9. The number of aromatic nitrogens is 1. The van der Waals surface area contributed by atoms with Crippen LogP contribution in [0.15, 0.2) is 54.6 Å². The number of benzene rings is 2. The summed E-state index contributed by atoms with van der Waals surface area (Å²) < 4.78 is 0. The number of nitrogens with zero attached hydrogens (tertiary/aromatic N) is 2. The highest BCUT2D eigenvalue weighted by Crippen LogP contribution is 2.35. The molecule has 2 aromatic carbocycles. The summed E-state index contributed by atoms with van der Waals surface area (Å²) in [6.07, 6.45) is 4.82. The Morgan fingerprint density at radius 3 is 2.42 bits per heavy atom. The van der Waals surface area contributed by atoms with Crippen LogP contribution in [-0.2, 0) is 4.79 Å². The molecule has 2 aliphatic rings. The molecule has 33 heavy (non-hydrogen) atoms. The number of amides is 1. The summed E-state index contributed by atoms with van der Waals surface area (Å²) in [4.78, 5) is 20.3. The number of fused-ring (bicyclic) bond motifs is 1. The molecule has 5 nitrogen and oxygen atoms in total. The number of hydrogen-bond acceptors (Lipinski definition) is 4. The second-order valence-electron chi connectivity index (χ2n) is 9.70. The van der Waals surface area contributed by atoms with Crippen molar-refractivity contribution in [2.75, 3.05) is 18.0 Å². The lowest BCUT2D eigenvalue weighted by Crippen LogP contribution is -2.45. The molecule has 3 aromatic rings. The molecule has 2 N–H and O–H groups in total. The topological polar surface area (TPSA) is 65.5 Å². The van der Waals surface area contributed by atoms with E-state index < -0.39 is 0 Å². The van der Waals surface area contributed by atoms with Gasteiger partial charge in [0.2, 0.25) is 5.91 Å². The molecule has 0 spiro atoms. The Morgan fingerprint density at radius 1 is 0.970 bits per heavy atom. The van der Waals surface area contributed by atoms with Crippen LogP contribution in [0.1, 0.15) is 44.1 Å². The fraction of sp³-hybridized carbons (Fsp3) is 0.429. The Kier molecular flexibility index (Phi) is 6.32. The Morgan fingerprint density at radius 2 is 1.70 bits per heavy atom. The third-order valence-corrected chi connectivity index (χ3v) is 7.24. The van der Waals surface area contributed by atoms with Crippen LogP contribution >= 0.6 is 0 Å². The van der Waals surface area contributed by atoms with E-state index in [9.17, 15) is 9.90 Å². The first-order valence-electron chi connectivity index (χ1n) is 12.3. The molecule has 1 amide bonds. The van der Waals surface area contributed by atoms with Gasteiger partial charge in [-0.3, -0.25) is 4.79 Å². The first-order valence-corrected chi connectivity index (χ1v) is 12.3. The maximum absolute atomic E-state index is 12.9. The van der Waals surface area contributed by atoms with E-state index in [-0.39, 0.29) is 24.0 Å². The molecule has 0 unspecified atom stereocenters. The summed E-state index contributed by atoms with van der Waals surface area (Å²) in [7, 11) is 0. The van der Waals surface area contributed by atoms with Crippen molar-refractivity contribution in [3.05, 3.63) is 60.2 Å². The van der Waals surface area contributed by atoms with Gasteiger partial charge >= 0.3 is 0 Å². The van der Waals surface area contributed by atoms with Gasteiger partial charge in [0.25, 0.3) is 0 Å². The lowest BCUT2D eigenvalue weighted by atomic mass is 9.91. The maximum atomic E-state index is 12.9. The van der Waals surface area contributed by atoms with Gasteiger partial charge in [-0.25, -0.2) is 4.98 Å². The minimum absolute atomic E-state index is 0.0522. The molecular formula is C28H33N3O2. The highest BCUT2D eigenvalue weighted by Gasteiger charge is 2.29. The van der Waals surface area contributed by atoms with Gasteiger partial charge in [-0.1, -0.05) is 42.0 Å². The van der Waals surface area contributed by atoms with E-state index in [1.807, 2.05) is 6.07 Å². The molecule has 1 saturated heterocycles. The minimum Gasteiger partial charge on any atom is -0.393 e. The molecule has 2 fully saturated rings. The Bertz CT molecular complexity index is 1110. The largest absolute Gasteiger partial charge is 0.393 e. The summed E-state index contributed by atoms with van der Waals surface area (Å²) in [5.41, 5.74) is 4.56. The summed E-state index contributed by atoms with van der Waals surface area (Å²) in [6, 6.07) is 19.4. The lowest BCUT2D eigenvalue weighted by molar-refractivity contribution is -0.126. The maximum Gasteiger partial charge on any atom is 0.223 e. The van der Waals surface area contributed by atoms with Gasteiger partial charge in [-0.2, -0.15) is 0 Å². The van der Waals surface area contributed by atoms with Crippen LogP contribution in [0.3, 0.4) is 0 Å². The van der Waals surface area contributed by atoms with E-state index in [0.29, 0.717) is 0 Å². The Labute approximate surface area is 195 Å². The number of aryl methyl sites for hydroxylation is 1. The third-order valence-electron chi connectivity index (χ3n) is 7.24. The molecule has 0 bridgehead atoms. The standard InChI is InChI=1S/C28H33N3O2/c1-19-7-12-26-22(17-19)18-25(20-5-3-2-4-6-20)27(30-26)31-15-13-21(14-16-31)28(33)29-23-8-10-24(32)11-9-23/h2-7,12,17-18,21,23-24,32H,8-11,13-16H2,1H3,(H,29,33). The van der Waals surface area contributed by atoms with E-state index in [2.05, 4.69) is 65.7 Å². The monoisotopic (exact) mass is 443 g/mol. The van der Waals surface area contributed by atoms with Crippen molar-refractivity contribution in [2.45, 2.75) is 57.6 Å². The number of aliphatic hydroxyl groups is 1. The molecule has 2 heterocycles. The van der Waals surface area contributed by atoms with Crippen LogP contribution in [0, 0.1) is 12.8 Å². The molecular weight excluding hydrogens is 410 g/mol. The molecule has 1 aromatic heterocycles. The number of carbonyl (C=O) groups excluding carboxylic acids is 1. The van der Waals surface area contributed by atoms with E-state index in [0.717, 1.165) is 73.9 Å². The van der Waals surface area contributed by atoms with Gasteiger partial charge in [-0.15, -0.1) is 0 Å². The van der Waals surface area contributed by atoms with E-state index >= 15 is 0 Å². The quantitative estimate of drug-likeness (QED) is 0.605. The van der Waals surface area contributed by atoms with Gasteiger partial charge in [-0.05, 0) is 69.2 Å². The summed E-state index contributed by atoms with van der Waals surface area (Å²) in [6.45, 7) is 3.76. The SMILES string of the molecule is Cc1ccc2nc(N3CCC(C(=O)NC4CCC(O)CC4)CC3)c(-c3ccccc3)cc2c1. The molecule has 172 valence electrons. The molecule has 1 saturated carbocycles. The Balaban J connectivity index is 1.33. The molecule has 0 radical (unpaired) electrons. The van der Waals surface area contributed by atoms with E-state index in [4.69, 9.17) is 4.98 Å². The summed E-state index contributed by atoms with van der Waals surface area (Å²) in [5.74, 6) is 1.25. The van der Waals surface area contributed by atoms with Crippen molar-refractivity contribution in [1.29, 1.82) is 0 Å². The Hall–Kier alpha value is -2.92. The van der Waals surface area contributed by atoms with Crippen LogP contribution in [0.5, 0.6) is 0 Å². The fourth-order valence-electron chi connectivity index (χ4n) is 5.25. The molecule has 1 aliphatic carbocycles. The number of aliphatic hydroxyl groups excluding tert-OH is 1. The zero-order valence-corrected chi connectivity index (χ0v) is 19.3. The van der Waals surface area contributed by atoms with Gasteiger partial charge < -0.3 is 15.3 Å². The van der Waals surface area contributed by atoms with Crippen LogP contribution < -0.4 is 10.2 Å². The number of nitrogens with one attached hydrogen (secondary N) is 1. The molecule has 5 rings (SSSR count). The average molecular weight is 444 g/mol. The normalized spacial score (nSPS) is 21.8. The van der Waals surface area contributed by atoms with Crippen LogP contribution in [0.4, 0.5) is 5.82 Å². The second-order valence-corrected chi connectivity index (χ2v) is 9.70. The summed E-state index contributed by atoms with van der Waals surface area (Å²) >= 11 is 0. The average Bonchev–Trinajstić information content (AvgIpc) is 2.85. The van der Waals surface area contributed by atoms with Crippen LogP contribution in [0.25, 0.3) is 22.0 Å². The fourth-order valence-corrected chi connectivity index (χ4v) is 5.25. The molecule has 5 heteroatoms. The van der Waals surface area contributed by atoms with Gasteiger partial charge in [0, 0.05) is 36.0 Å². The second kappa shape index (κ2) is 9.52. The first-order chi connectivity index (χ1) is 16.1. The molecule has 1 aliphatic heterocycles. The number of carbonyl (C=O) groups is 1. The predicted molar refractivity (Wildman–Crippen MR) is 133 cm³/mol. The van der Waals surface area contributed by atoms with Crippen molar-refractivity contribution < 1.29 is 9.90 Å². The highest BCUT2D eigenvalue weighted by molar-refractivity contribution is 5.90. The highest BCUT2D eigenvalue weighted by atomic mass is 16.3. The number of anilines is 1. The smallest absolute Gasteiger partial charge is 0.223 e. The van der Waals surface area contributed by atoms with Crippen molar-refractivity contribution in [3.8, 4) is 11.1 Å². The lowest BCUT2D eigenvalue weighted by Gasteiger charge is -2.35. The van der Waals surface area contributed by atoms with E-state index in [1.54, 1.807) is 0 Å². The zero-order chi connectivity index (χ0) is 22.8. The zero-order valence-electron chi connectivity index (χ0n) is 19.3. The third kappa shape index (κ3) is 4.88. The van der Waals surface area contributed by atoms with Crippen molar-refractivity contribution >= 4 is 22.6 Å². The van der Waals surface area contributed by atoms with Gasteiger partial charge in [0.05, 0.1) is 11.6 Å². The van der Waals surface area contributed by atoms with Crippen molar-refractivity contribution in [1.82, 2.24) is 10.3 Å². The number of hydrogen-bond donors (Lipinski definition) is 2. The van der Waals surface area contributed by atoms with Gasteiger partial charge in [0.15, 0.2) is 0 Å². The minimum atomic E-state index is -0.196. The number of piperidine rings is 1. The molecule has 0 atom stereocenters. The van der Waals surface area contributed by atoms with Crippen LogP contribution in [-0.4, -0.2) is 41.2 Å². The van der Waals surface area contributed by atoms with Crippen LogP contribution in [0.2, 0.25) is 0 Å². The predicted octanol–water partition coefficient (Wildman–Crippen LogP) is 4.85. The number of pyridine rings is 1. The van der Waals surface area contributed by atoms with Crippen molar-refractivity contribution in [3.63, 3.8) is 0 Å². The van der Waals surface area contributed by atoms with Crippen molar-refractivity contribution in [2.24, 2.45) is 5.92 Å².